The van der Waals surface area contributed by atoms with E-state index in [1.165, 1.54) is 0 Å². The number of carbonyl (C=O) groups is 1. The first-order chi connectivity index (χ1) is 8.13. The summed E-state index contributed by atoms with van der Waals surface area (Å²) in [6, 6.07) is 5.41. The van der Waals surface area contributed by atoms with E-state index in [1.807, 2.05) is 19.1 Å². The number of rotatable bonds is 6. The fourth-order valence-electron chi connectivity index (χ4n) is 1.37. The van der Waals surface area contributed by atoms with Gasteiger partial charge in [0, 0.05) is 29.3 Å². The van der Waals surface area contributed by atoms with Crippen LogP contribution < -0.4 is 11.1 Å². The number of carbonyl (C=O) groups excluding carboxylic acids is 1. The third-order valence-corrected chi connectivity index (χ3v) is 3.20. The van der Waals surface area contributed by atoms with E-state index in [1.54, 1.807) is 17.8 Å². The van der Waals surface area contributed by atoms with Crippen LogP contribution in [-0.2, 0) is 4.79 Å². The van der Waals surface area contributed by atoms with Crippen LogP contribution >= 0.6 is 11.8 Å². The van der Waals surface area contributed by atoms with E-state index in [9.17, 15) is 4.79 Å². The van der Waals surface area contributed by atoms with E-state index in [0.717, 1.165) is 17.0 Å². The van der Waals surface area contributed by atoms with Gasteiger partial charge in [-0.1, -0.05) is 0 Å². The Bertz CT molecular complexity index is 383. The summed E-state index contributed by atoms with van der Waals surface area (Å²) in [7, 11) is 0. The summed E-state index contributed by atoms with van der Waals surface area (Å²) in [6.07, 6.45) is 0.453. The lowest BCUT2D eigenvalue weighted by atomic mass is 10.2. The smallest absolute Gasteiger partial charge is 0.225 e. The summed E-state index contributed by atoms with van der Waals surface area (Å²) in [4.78, 5) is 11.6. The van der Waals surface area contributed by atoms with Gasteiger partial charge in [0.25, 0.3) is 0 Å². The van der Waals surface area contributed by atoms with Gasteiger partial charge in [-0.25, -0.2) is 0 Å². The molecule has 4 N–H and O–H groups in total. The average molecular weight is 254 g/mol. The van der Waals surface area contributed by atoms with Crippen molar-refractivity contribution >= 4 is 29.0 Å². The van der Waals surface area contributed by atoms with Gasteiger partial charge < -0.3 is 16.2 Å². The molecule has 0 unspecified atom stereocenters. The van der Waals surface area contributed by atoms with Crippen molar-refractivity contribution in [2.45, 2.75) is 13.3 Å². The first-order valence-electron chi connectivity index (χ1n) is 5.48. The van der Waals surface area contributed by atoms with Gasteiger partial charge in [-0.05, 0) is 30.7 Å². The second kappa shape index (κ2) is 7.19. The Kier molecular flexibility index (Phi) is 5.86. The van der Waals surface area contributed by atoms with Gasteiger partial charge in [0.2, 0.25) is 5.91 Å². The highest BCUT2D eigenvalue weighted by Crippen LogP contribution is 2.17. The molecule has 0 aromatic heterocycles. The molecule has 0 aliphatic heterocycles. The molecule has 4 nitrogen and oxygen atoms in total. The third-order valence-electron chi connectivity index (χ3n) is 2.23. The monoisotopic (exact) mass is 254 g/mol. The summed E-state index contributed by atoms with van der Waals surface area (Å²) in [6.45, 7) is 2.07. The van der Waals surface area contributed by atoms with Crippen LogP contribution in [0, 0.1) is 6.92 Å². The fraction of sp³-hybridized carbons (Fsp3) is 0.417. The van der Waals surface area contributed by atoms with Crippen LogP contribution in [0.2, 0.25) is 0 Å². The summed E-state index contributed by atoms with van der Waals surface area (Å²) in [5.74, 6) is 1.39. The first-order valence-corrected chi connectivity index (χ1v) is 6.63. The summed E-state index contributed by atoms with van der Waals surface area (Å²) < 4.78 is 0. The third kappa shape index (κ3) is 5.10. The van der Waals surface area contributed by atoms with Crippen molar-refractivity contribution in [2.75, 3.05) is 29.2 Å². The molecule has 17 heavy (non-hydrogen) atoms. The number of anilines is 2. The predicted molar refractivity (Wildman–Crippen MR) is 73.2 cm³/mol. The lowest BCUT2D eigenvalue weighted by Crippen LogP contribution is -2.13. The van der Waals surface area contributed by atoms with E-state index in [4.69, 9.17) is 10.8 Å². The second-order valence-electron chi connectivity index (χ2n) is 3.71. The number of aliphatic hydroxyl groups excluding tert-OH is 1. The molecule has 1 aromatic rings. The van der Waals surface area contributed by atoms with Gasteiger partial charge in [-0.3, -0.25) is 4.79 Å². The normalized spacial score (nSPS) is 10.2. The van der Waals surface area contributed by atoms with Crippen LogP contribution in [0.5, 0.6) is 0 Å². The SMILES string of the molecule is Cc1cc(N)ccc1NC(=O)CCSCCO. The number of benzene rings is 1. The lowest BCUT2D eigenvalue weighted by Gasteiger charge is -2.08. The number of thioether (sulfide) groups is 1. The number of aliphatic hydroxyl groups is 1. The predicted octanol–water partition coefficient (Wildman–Crippen LogP) is 1.63. The van der Waals surface area contributed by atoms with E-state index in [0.29, 0.717) is 17.9 Å². The fourth-order valence-corrected chi connectivity index (χ4v) is 2.03. The number of hydrogen-bond acceptors (Lipinski definition) is 4. The molecule has 0 bridgehead atoms. The minimum absolute atomic E-state index is 0.0108. The molecule has 0 heterocycles. The molecule has 0 spiro atoms. The molecule has 5 heteroatoms. The Morgan fingerprint density at radius 1 is 1.47 bits per heavy atom. The van der Waals surface area contributed by atoms with Crippen molar-refractivity contribution in [3.8, 4) is 0 Å². The molecule has 1 amide bonds. The number of amides is 1. The molecular formula is C12H18N2O2S. The highest BCUT2D eigenvalue weighted by molar-refractivity contribution is 7.99. The average Bonchev–Trinajstić information content (AvgIpc) is 2.28. The van der Waals surface area contributed by atoms with Crippen molar-refractivity contribution in [2.24, 2.45) is 0 Å². The molecule has 94 valence electrons. The van der Waals surface area contributed by atoms with Crippen molar-refractivity contribution in [1.29, 1.82) is 0 Å². The van der Waals surface area contributed by atoms with Gasteiger partial charge in [-0.2, -0.15) is 11.8 Å². The van der Waals surface area contributed by atoms with Gasteiger partial charge in [-0.15, -0.1) is 0 Å². The number of aryl methyl sites for hydroxylation is 1. The maximum absolute atomic E-state index is 11.6. The summed E-state index contributed by atoms with van der Waals surface area (Å²) in [5, 5.41) is 11.4. The number of nitrogens with one attached hydrogen (secondary N) is 1. The molecular weight excluding hydrogens is 236 g/mol. The maximum atomic E-state index is 11.6. The highest BCUT2D eigenvalue weighted by atomic mass is 32.2. The van der Waals surface area contributed by atoms with Crippen molar-refractivity contribution in [1.82, 2.24) is 0 Å². The Morgan fingerprint density at radius 3 is 2.88 bits per heavy atom. The molecule has 0 fully saturated rings. The van der Waals surface area contributed by atoms with Gasteiger partial charge >= 0.3 is 0 Å². The summed E-state index contributed by atoms with van der Waals surface area (Å²) in [5.41, 5.74) is 8.09. The topological polar surface area (TPSA) is 75.3 Å². The molecule has 0 saturated heterocycles. The zero-order valence-corrected chi connectivity index (χ0v) is 10.7. The summed E-state index contributed by atoms with van der Waals surface area (Å²) >= 11 is 1.57. The standard InChI is InChI=1S/C12H18N2O2S/c1-9-8-10(13)2-3-11(9)14-12(16)4-6-17-7-5-15/h2-3,8,15H,4-7,13H2,1H3,(H,14,16). The Balaban J connectivity index is 2.40. The molecule has 0 atom stereocenters. The first kappa shape index (κ1) is 13.9. The number of hydrogen-bond donors (Lipinski definition) is 3. The zero-order chi connectivity index (χ0) is 12.7. The largest absolute Gasteiger partial charge is 0.399 e. The minimum Gasteiger partial charge on any atom is -0.399 e. The van der Waals surface area contributed by atoms with Crippen LogP contribution in [-0.4, -0.2) is 29.1 Å². The van der Waals surface area contributed by atoms with E-state index >= 15 is 0 Å². The van der Waals surface area contributed by atoms with Crippen LogP contribution in [0.1, 0.15) is 12.0 Å². The Labute approximate surface area is 106 Å². The van der Waals surface area contributed by atoms with Crippen LogP contribution in [0.15, 0.2) is 18.2 Å². The highest BCUT2D eigenvalue weighted by Gasteiger charge is 2.04. The molecule has 0 aliphatic rings. The zero-order valence-electron chi connectivity index (χ0n) is 9.90. The molecule has 1 rings (SSSR count). The van der Waals surface area contributed by atoms with Crippen molar-refractivity contribution in [3.63, 3.8) is 0 Å². The van der Waals surface area contributed by atoms with E-state index in [-0.39, 0.29) is 12.5 Å². The Hall–Kier alpha value is -1.20. The molecule has 0 aliphatic carbocycles. The van der Waals surface area contributed by atoms with Gasteiger partial charge in [0.1, 0.15) is 0 Å². The molecule has 0 radical (unpaired) electrons. The molecule has 0 saturated carbocycles. The van der Waals surface area contributed by atoms with Crippen molar-refractivity contribution < 1.29 is 9.90 Å². The van der Waals surface area contributed by atoms with E-state index < -0.39 is 0 Å². The quantitative estimate of drug-likeness (QED) is 0.533. The lowest BCUT2D eigenvalue weighted by molar-refractivity contribution is -0.115. The Morgan fingerprint density at radius 2 is 2.24 bits per heavy atom. The number of nitrogens with two attached hydrogens (primary N) is 1. The second-order valence-corrected chi connectivity index (χ2v) is 4.93. The minimum atomic E-state index is -0.0108. The maximum Gasteiger partial charge on any atom is 0.225 e. The van der Waals surface area contributed by atoms with Crippen LogP contribution in [0.3, 0.4) is 0 Å². The van der Waals surface area contributed by atoms with Crippen LogP contribution in [0.4, 0.5) is 11.4 Å². The van der Waals surface area contributed by atoms with Crippen molar-refractivity contribution in [3.05, 3.63) is 23.8 Å². The van der Waals surface area contributed by atoms with E-state index in [2.05, 4.69) is 5.32 Å². The van der Waals surface area contributed by atoms with Crippen LogP contribution in [0.25, 0.3) is 0 Å². The molecule has 1 aromatic carbocycles. The van der Waals surface area contributed by atoms with Gasteiger partial charge in [0.05, 0.1) is 6.61 Å². The van der Waals surface area contributed by atoms with Gasteiger partial charge in [0.15, 0.2) is 0 Å². The number of nitrogen functional groups attached to an aromatic ring is 1.